The molecule has 0 aliphatic heterocycles. The van der Waals surface area contributed by atoms with Crippen LogP contribution in [-0.4, -0.2) is 28.6 Å². The third-order valence-corrected chi connectivity index (χ3v) is 0.671. The normalized spacial score (nSPS) is 6.00. The first-order valence-electron chi connectivity index (χ1n) is 1.22. The van der Waals surface area contributed by atoms with Crippen LogP contribution in [-0.2, 0) is 0 Å². The first kappa shape index (κ1) is 9.37. The monoisotopic (exact) mass is 202 g/mol. The van der Waals surface area contributed by atoms with Gasteiger partial charge < -0.3 is 0 Å². The second-order valence-corrected chi connectivity index (χ2v) is 1.72. The van der Waals surface area contributed by atoms with Crippen LogP contribution in [0.5, 0.6) is 0 Å². The van der Waals surface area contributed by atoms with E-state index in [0.717, 1.165) is 5.21 Å². The molecular formula is C2H8AsBrO. The molecule has 1 N–H and O–H groups in total. The van der Waals surface area contributed by atoms with Gasteiger partial charge in [0.2, 0.25) is 0 Å². The maximum atomic E-state index is 7.89. The third-order valence-electron chi connectivity index (χ3n) is 0.129. The number of hydrogen-bond acceptors (Lipinski definition) is 1. The van der Waals surface area contributed by atoms with Crippen LogP contribution in [0.15, 0.2) is 0 Å². The van der Waals surface area contributed by atoms with Crippen LogP contribution in [0.3, 0.4) is 0 Å². The van der Waals surface area contributed by atoms with Gasteiger partial charge in [-0.2, -0.15) is 0 Å². The molecule has 0 bridgehead atoms. The Kier molecular flexibility index (Phi) is 16.7. The van der Waals surface area contributed by atoms with Gasteiger partial charge in [0.1, 0.15) is 0 Å². The van der Waals surface area contributed by atoms with E-state index in [1.54, 1.807) is 16.9 Å². The van der Waals surface area contributed by atoms with Gasteiger partial charge in [0, 0.05) is 0 Å². The van der Waals surface area contributed by atoms with Crippen LogP contribution in [0.25, 0.3) is 0 Å². The topological polar surface area (TPSA) is 20.2 Å². The van der Waals surface area contributed by atoms with E-state index in [0.29, 0.717) is 6.61 Å². The van der Waals surface area contributed by atoms with Crippen molar-refractivity contribution in [1.82, 2.24) is 0 Å². The van der Waals surface area contributed by atoms with Gasteiger partial charge in [-0.05, 0) is 0 Å². The van der Waals surface area contributed by atoms with Crippen molar-refractivity contribution in [2.24, 2.45) is 0 Å². The van der Waals surface area contributed by atoms with Gasteiger partial charge in [-0.25, -0.2) is 0 Å². The molecule has 0 radical (unpaired) electrons. The molecule has 5 heavy (non-hydrogen) atoms. The van der Waals surface area contributed by atoms with Crippen molar-refractivity contribution in [3.63, 3.8) is 0 Å². The first-order chi connectivity index (χ1) is 1.91. The molecular weight excluding hydrogens is 195 g/mol. The number of aliphatic hydroxyl groups excluding tert-OH is 1. The van der Waals surface area contributed by atoms with Crippen LogP contribution in [0, 0.1) is 0 Å². The van der Waals surface area contributed by atoms with Gasteiger partial charge in [0.05, 0.1) is 0 Å². The van der Waals surface area contributed by atoms with Gasteiger partial charge in [0.25, 0.3) is 0 Å². The average molecular weight is 203 g/mol. The summed E-state index contributed by atoms with van der Waals surface area (Å²) in [6.45, 7) is 0.347. The van der Waals surface area contributed by atoms with Crippen molar-refractivity contribution >= 4 is 33.8 Å². The van der Waals surface area contributed by atoms with Crippen LogP contribution in [0.2, 0.25) is 5.21 Å². The number of hydrogen-bond donors (Lipinski definition) is 1. The second-order valence-electron chi connectivity index (χ2n) is 0.512. The Morgan fingerprint density at radius 1 is 1.60 bits per heavy atom. The zero-order valence-corrected chi connectivity index (χ0v) is 6.98. The van der Waals surface area contributed by atoms with Gasteiger partial charge in [0.15, 0.2) is 0 Å². The molecule has 0 aliphatic carbocycles. The van der Waals surface area contributed by atoms with Crippen molar-refractivity contribution in [3.8, 4) is 0 Å². The van der Waals surface area contributed by atoms with Crippen LogP contribution < -0.4 is 0 Å². The van der Waals surface area contributed by atoms with E-state index >= 15 is 0 Å². The van der Waals surface area contributed by atoms with Crippen molar-refractivity contribution in [1.29, 1.82) is 0 Å². The Hall–Kier alpha value is 0.998. The SMILES string of the molecule is Br.OCC[AsH2]. The first-order valence-corrected chi connectivity index (χ1v) is 2.94. The van der Waals surface area contributed by atoms with E-state index < -0.39 is 0 Å². The van der Waals surface area contributed by atoms with Gasteiger partial charge in [-0.1, -0.05) is 0 Å². The summed E-state index contributed by atoms with van der Waals surface area (Å²) in [5.41, 5.74) is 0. The fraction of sp³-hybridized carbons (Fsp3) is 1.00. The molecule has 1 atom stereocenters. The zero-order valence-electron chi connectivity index (χ0n) is 2.85. The van der Waals surface area contributed by atoms with E-state index in [1.165, 1.54) is 0 Å². The summed E-state index contributed by atoms with van der Waals surface area (Å²) in [5.74, 6) is 0. The molecule has 3 heteroatoms. The van der Waals surface area contributed by atoms with E-state index in [9.17, 15) is 0 Å². The van der Waals surface area contributed by atoms with E-state index in [1.807, 2.05) is 0 Å². The molecule has 0 aromatic carbocycles. The van der Waals surface area contributed by atoms with Crippen LogP contribution in [0.1, 0.15) is 0 Å². The summed E-state index contributed by atoms with van der Waals surface area (Å²) >= 11 is 1.57. The molecule has 0 amide bonds. The summed E-state index contributed by atoms with van der Waals surface area (Å²) in [7, 11) is 0. The summed E-state index contributed by atoms with van der Waals surface area (Å²) in [6.07, 6.45) is 0. The summed E-state index contributed by atoms with van der Waals surface area (Å²) < 4.78 is 0. The van der Waals surface area contributed by atoms with E-state index in [-0.39, 0.29) is 17.0 Å². The Balaban J connectivity index is 0. The molecule has 0 heterocycles. The molecule has 0 saturated heterocycles. The molecule has 0 aliphatic rings. The second kappa shape index (κ2) is 8.89. The predicted molar refractivity (Wildman–Crippen MR) is 30.8 cm³/mol. The minimum absolute atomic E-state index is 0. The Morgan fingerprint density at radius 3 is 1.80 bits per heavy atom. The summed E-state index contributed by atoms with van der Waals surface area (Å²) in [4.78, 5) is 0. The number of aliphatic hydroxyl groups is 1. The summed E-state index contributed by atoms with van der Waals surface area (Å²) in [6, 6.07) is 0. The average Bonchev–Trinajstić information content (AvgIpc) is 1.37. The number of rotatable bonds is 1. The maximum absolute atomic E-state index is 7.89. The molecule has 0 fully saturated rings. The fourth-order valence-corrected chi connectivity index (χ4v) is 0. The fourth-order valence-electron chi connectivity index (χ4n) is 0. The van der Waals surface area contributed by atoms with Crippen molar-refractivity contribution in [3.05, 3.63) is 0 Å². The Labute approximate surface area is 51.0 Å². The van der Waals surface area contributed by atoms with Crippen molar-refractivity contribution in [2.75, 3.05) is 6.61 Å². The summed E-state index contributed by atoms with van der Waals surface area (Å²) in [5, 5.41) is 8.83. The zero-order chi connectivity index (χ0) is 3.41. The van der Waals surface area contributed by atoms with Gasteiger partial charge in [-0.15, -0.1) is 17.0 Å². The van der Waals surface area contributed by atoms with Crippen molar-refractivity contribution < 1.29 is 5.11 Å². The van der Waals surface area contributed by atoms with Gasteiger partial charge >= 0.3 is 33.8 Å². The molecule has 34 valence electrons. The van der Waals surface area contributed by atoms with E-state index in [2.05, 4.69) is 0 Å². The predicted octanol–water partition coefficient (Wildman–Crippen LogP) is -0.392. The van der Waals surface area contributed by atoms with Crippen molar-refractivity contribution in [2.45, 2.75) is 5.21 Å². The molecule has 0 aromatic heterocycles. The van der Waals surface area contributed by atoms with Crippen LogP contribution in [0.4, 0.5) is 0 Å². The van der Waals surface area contributed by atoms with E-state index in [4.69, 9.17) is 5.11 Å². The standard InChI is InChI=1S/C2H7AsO.BrH/c3-1-2-4;/h4H,1-3H2;1H. The van der Waals surface area contributed by atoms with Gasteiger partial charge in [-0.3, -0.25) is 0 Å². The molecule has 0 aromatic rings. The molecule has 0 spiro atoms. The van der Waals surface area contributed by atoms with Crippen LogP contribution >= 0.6 is 17.0 Å². The minimum atomic E-state index is 0. The molecule has 0 rings (SSSR count). The third kappa shape index (κ3) is 11.3. The quantitative estimate of drug-likeness (QED) is 0.575. The molecule has 1 nitrogen and oxygen atoms in total. The Bertz CT molecular complexity index is 11.6. The molecule has 0 saturated carbocycles. The Morgan fingerprint density at radius 2 is 1.80 bits per heavy atom. The molecule has 1 unspecified atom stereocenters. The number of halogens is 1.